The molecule has 3 nitrogen and oxygen atoms in total. The van der Waals surface area contributed by atoms with Gasteiger partial charge < -0.3 is 5.11 Å². The molecule has 80 valence electrons. The van der Waals surface area contributed by atoms with Crippen molar-refractivity contribution in [3.8, 4) is 5.88 Å². The molecule has 0 aliphatic rings. The molecule has 0 unspecified atom stereocenters. The molecule has 1 rings (SSSR count). The van der Waals surface area contributed by atoms with Gasteiger partial charge in [0.25, 0.3) is 0 Å². The first-order chi connectivity index (χ1) is 6.41. The van der Waals surface area contributed by atoms with E-state index in [1.54, 1.807) is 4.68 Å². The normalized spacial score (nSPS) is 12.1. The summed E-state index contributed by atoms with van der Waals surface area (Å²) in [5, 5.41) is 14.4. The Morgan fingerprint density at radius 3 is 2.07 bits per heavy atom. The van der Waals surface area contributed by atoms with Crippen molar-refractivity contribution in [1.82, 2.24) is 9.78 Å². The maximum Gasteiger partial charge on any atom is 0.213 e. The van der Waals surface area contributed by atoms with Crippen LogP contribution in [0.1, 0.15) is 45.9 Å². The van der Waals surface area contributed by atoms with Crippen molar-refractivity contribution in [2.24, 2.45) is 0 Å². The number of aryl methyl sites for hydroxylation is 1. The van der Waals surface area contributed by atoms with Crippen molar-refractivity contribution in [2.45, 2.75) is 53.0 Å². The van der Waals surface area contributed by atoms with Crippen molar-refractivity contribution in [2.75, 3.05) is 0 Å². The summed E-state index contributed by atoms with van der Waals surface area (Å²) in [4.78, 5) is 0. The van der Waals surface area contributed by atoms with Gasteiger partial charge >= 0.3 is 0 Å². The van der Waals surface area contributed by atoms with E-state index in [4.69, 9.17) is 0 Å². The molecule has 1 N–H and O–H groups in total. The maximum atomic E-state index is 9.98. The third-order valence-electron chi connectivity index (χ3n) is 2.36. The van der Waals surface area contributed by atoms with Crippen LogP contribution >= 0.6 is 0 Å². The van der Waals surface area contributed by atoms with Gasteiger partial charge in [0.05, 0.1) is 11.2 Å². The Morgan fingerprint density at radius 2 is 1.79 bits per heavy atom. The second-order valence-corrected chi connectivity index (χ2v) is 4.54. The maximum absolute atomic E-state index is 9.98. The Kier molecular flexibility index (Phi) is 2.88. The van der Waals surface area contributed by atoms with E-state index in [2.05, 4.69) is 12.0 Å². The van der Waals surface area contributed by atoms with Crippen LogP contribution in [0.5, 0.6) is 5.88 Å². The molecule has 0 amide bonds. The van der Waals surface area contributed by atoms with Crippen molar-refractivity contribution >= 4 is 0 Å². The summed E-state index contributed by atoms with van der Waals surface area (Å²) in [7, 11) is 0. The van der Waals surface area contributed by atoms with Crippen molar-refractivity contribution in [3.05, 3.63) is 11.3 Å². The molecular formula is C11H20N2O. The molecule has 14 heavy (non-hydrogen) atoms. The minimum absolute atomic E-state index is 0.151. The van der Waals surface area contributed by atoms with Crippen LogP contribution in [0.2, 0.25) is 0 Å². The van der Waals surface area contributed by atoms with E-state index in [-0.39, 0.29) is 5.54 Å². The zero-order chi connectivity index (χ0) is 10.9. The lowest BCUT2D eigenvalue weighted by Gasteiger charge is -2.20. The van der Waals surface area contributed by atoms with Gasteiger partial charge in [-0.3, -0.25) is 0 Å². The van der Waals surface area contributed by atoms with Crippen molar-refractivity contribution in [3.63, 3.8) is 0 Å². The van der Waals surface area contributed by atoms with Crippen LogP contribution in [0.15, 0.2) is 0 Å². The number of hydrogen-bond donors (Lipinski definition) is 1. The van der Waals surface area contributed by atoms with Gasteiger partial charge in [-0.05, 0) is 33.6 Å². The van der Waals surface area contributed by atoms with Gasteiger partial charge in [0, 0.05) is 5.56 Å². The molecular weight excluding hydrogens is 176 g/mol. The SMILES string of the molecule is CCc1nn(C(C)(C)C)c(O)c1CC. The van der Waals surface area contributed by atoms with Gasteiger partial charge in [0.1, 0.15) is 0 Å². The Labute approximate surface area is 85.8 Å². The molecule has 1 aromatic heterocycles. The van der Waals surface area contributed by atoms with E-state index < -0.39 is 0 Å². The summed E-state index contributed by atoms with van der Waals surface area (Å²) in [6.45, 7) is 10.2. The highest BCUT2D eigenvalue weighted by molar-refractivity contribution is 5.31. The largest absolute Gasteiger partial charge is 0.493 e. The van der Waals surface area contributed by atoms with Gasteiger partial charge in [-0.1, -0.05) is 13.8 Å². The molecule has 0 aliphatic heterocycles. The van der Waals surface area contributed by atoms with Crippen LogP contribution in [0.3, 0.4) is 0 Å². The molecule has 0 saturated carbocycles. The Hall–Kier alpha value is -0.990. The summed E-state index contributed by atoms with van der Waals surface area (Å²) >= 11 is 0. The molecule has 0 aromatic carbocycles. The first-order valence-electron chi connectivity index (χ1n) is 5.22. The highest BCUT2D eigenvalue weighted by Crippen LogP contribution is 2.28. The van der Waals surface area contributed by atoms with E-state index in [0.29, 0.717) is 5.88 Å². The number of nitrogens with zero attached hydrogens (tertiary/aromatic N) is 2. The van der Waals surface area contributed by atoms with Crippen LogP contribution < -0.4 is 0 Å². The number of rotatable bonds is 2. The van der Waals surface area contributed by atoms with Gasteiger partial charge in [0.2, 0.25) is 5.88 Å². The molecule has 0 atom stereocenters. The smallest absolute Gasteiger partial charge is 0.213 e. The van der Waals surface area contributed by atoms with E-state index >= 15 is 0 Å². The highest BCUT2D eigenvalue weighted by Gasteiger charge is 2.22. The predicted octanol–water partition coefficient (Wildman–Crippen LogP) is 2.47. The van der Waals surface area contributed by atoms with Gasteiger partial charge in [-0.2, -0.15) is 5.10 Å². The Bertz CT molecular complexity index is 321. The van der Waals surface area contributed by atoms with E-state index in [1.165, 1.54) is 0 Å². The second kappa shape index (κ2) is 3.64. The number of aromatic nitrogens is 2. The summed E-state index contributed by atoms with van der Waals surface area (Å²) in [6.07, 6.45) is 1.71. The van der Waals surface area contributed by atoms with Gasteiger partial charge in [0.15, 0.2) is 0 Å². The lowest BCUT2D eigenvalue weighted by atomic mass is 10.1. The minimum atomic E-state index is -0.151. The molecule has 1 aromatic rings. The van der Waals surface area contributed by atoms with Crippen LogP contribution in [-0.4, -0.2) is 14.9 Å². The van der Waals surface area contributed by atoms with Gasteiger partial charge in [-0.25, -0.2) is 4.68 Å². The predicted molar refractivity (Wildman–Crippen MR) is 57.6 cm³/mol. The van der Waals surface area contributed by atoms with Crippen molar-refractivity contribution < 1.29 is 5.11 Å². The van der Waals surface area contributed by atoms with Crippen molar-refractivity contribution in [1.29, 1.82) is 0 Å². The molecule has 1 heterocycles. The molecule has 0 fully saturated rings. The Morgan fingerprint density at radius 1 is 1.21 bits per heavy atom. The number of hydrogen-bond acceptors (Lipinski definition) is 2. The lowest BCUT2D eigenvalue weighted by Crippen LogP contribution is -2.22. The highest BCUT2D eigenvalue weighted by atomic mass is 16.3. The topological polar surface area (TPSA) is 38.0 Å². The second-order valence-electron chi connectivity index (χ2n) is 4.54. The molecule has 0 spiro atoms. The fraction of sp³-hybridized carbons (Fsp3) is 0.727. The van der Waals surface area contributed by atoms with Gasteiger partial charge in [-0.15, -0.1) is 0 Å². The zero-order valence-electron chi connectivity index (χ0n) is 9.76. The number of aromatic hydroxyl groups is 1. The first-order valence-corrected chi connectivity index (χ1v) is 5.22. The van der Waals surface area contributed by atoms with Crippen LogP contribution in [0.25, 0.3) is 0 Å². The average molecular weight is 196 g/mol. The average Bonchev–Trinajstić information content (AvgIpc) is 2.40. The summed E-state index contributed by atoms with van der Waals surface area (Å²) in [6, 6.07) is 0. The third kappa shape index (κ3) is 1.76. The monoisotopic (exact) mass is 196 g/mol. The zero-order valence-corrected chi connectivity index (χ0v) is 9.76. The summed E-state index contributed by atoms with van der Waals surface area (Å²) in [5.41, 5.74) is 1.85. The third-order valence-corrected chi connectivity index (χ3v) is 2.36. The standard InChI is InChI=1S/C11H20N2O/c1-6-8-9(7-2)12-13(10(8)14)11(3,4)5/h14H,6-7H2,1-5H3. The summed E-state index contributed by atoms with van der Waals surface area (Å²) < 4.78 is 1.71. The minimum Gasteiger partial charge on any atom is -0.493 e. The van der Waals surface area contributed by atoms with Crippen LogP contribution in [0.4, 0.5) is 0 Å². The Balaban J connectivity index is 3.28. The first kappa shape index (κ1) is 11.1. The molecule has 0 saturated heterocycles. The van der Waals surface area contributed by atoms with Crippen LogP contribution in [-0.2, 0) is 18.4 Å². The summed E-state index contributed by atoms with van der Waals surface area (Å²) in [5.74, 6) is 0.330. The fourth-order valence-electron chi connectivity index (χ4n) is 1.60. The van der Waals surface area contributed by atoms with E-state index in [9.17, 15) is 5.11 Å². The van der Waals surface area contributed by atoms with E-state index in [1.807, 2.05) is 27.7 Å². The molecule has 3 heteroatoms. The quantitative estimate of drug-likeness (QED) is 0.789. The lowest BCUT2D eigenvalue weighted by molar-refractivity contribution is 0.292. The fourth-order valence-corrected chi connectivity index (χ4v) is 1.60. The molecule has 0 bridgehead atoms. The molecule has 0 aliphatic carbocycles. The van der Waals surface area contributed by atoms with Crippen LogP contribution in [0, 0.1) is 0 Å². The van der Waals surface area contributed by atoms with E-state index in [0.717, 1.165) is 24.1 Å². The molecule has 0 radical (unpaired) electrons.